The van der Waals surface area contributed by atoms with Crippen molar-refractivity contribution in [3.8, 4) is 0 Å². The molecule has 1 atom stereocenters. The van der Waals surface area contributed by atoms with Gasteiger partial charge in [0.1, 0.15) is 12.4 Å². The number of carbonyl (C=O) groups is 1. The van der Waals surface area contributed by atoms with Crippen LogP contribution in [0.2, 0.25) is 10.0 Å². The van der Waals surface area contributed by atoms with Crippen LogP contribution in [0.25, 0.3) is 0 Å². The van der Waals surface area contributed by atoms with E-state index in [0.29, 0.717) is 10.6 Å². The minimum Gasteiger partial charge on any atom is -0.348 e. The van der Waals surface area contributed by atoms with Crippen LogP contribution in [0.4, 0.5) is 10.1 Å². The zero-order chi connectivity index (χ0) is 22.6. The Labute approximate surface area is 190 Å². The Morgan fingerprint density at radius 1 is 1.03 bits per heavy atom. The quantitative estimate of drug-likeness (QED) is 0.504. The molecule has 0 spiro atoms. The third-order valence-corrected chi connectivity index (χ3v) is 6.86. The summed E-state index contributed by atoms with van der Waals surface area (Å²) in [6, 6.07) is 17.3. The van der Waals surface area contributed by atoms with Crippen LogP contribution < -0.4 is 9.62 Å². The molecule has 0 saturated carbocycles. The molecule has 1 N–H and O–H groups in total. The molecule has 0 saturated heterocycles. The monoisotopic (exact) mass is 480 g/mol. The number of hydrogen-bond donors (Lipinski definition) is 1. The van der Waals surface area contributed by atoms with Crippen molar-refractivity contribution in [2.75, 3.05) is 10.8 Å². The van der Waals surface area contributed by atoms with Crippen molar-refractivity contribution < 1.29 is 17.6 Å². The fourth-order valence-electron chi connectivity index (χ4n) is 2.96. The molecular formula is C22H19Cl2FN2O3S. The number of nitrogens with zero attached hydrogens (tertiary/aromatic N) is 1. The summed E-state index contributed by atoms with van der Waals surface area (Å²) in [7, 11) is -4.10. The maximum Gasteiger partial charge on any atom is 0.264 e. The number of amides is 1. The first-order valence-corrected chi connectivity index (χ1v) is 11.5. The number of halogens is 3. The van der Waals surface area contributed by atoms with Crippen molar-refractivity contribution in [3.05, 3.63) is 94.2 Å². The van der Waals surface area contributed by atoms with Crippen LogP contribution in [-0.2, 0) is 14.8 Å². The van der Waals surface area contributed by atoms with Gasteiger partial charge in [-0.1, -0.05) is 53.5 Å². The summed E-state index contributed by atoms with van der Waals surface area (Å²) in [6.07, 6.45) is 0. The van der Waals surface area contributed by atoms with E-state index >= 15 is 0 Å². The second-order valence-electron chi connectivity index (χ2n) is 6.76. The van der Waals surface area contributed by atoms with Crippen molar-refractivity contribution >= 4 is 44.8 Å². The summed E-state index contributed by atoms with van der Waals surface area (Å²) in [5.41, 5.74) is 0.802. The first-order chi connectivity index (χ1) is 14.7. The molecule has 162 valence electrons. The highest BCUT2D eigenvalue weighted by Crippen LogP contribution is 2.32. The summed E-state index contributed by atoms with van der Waals surface area (Å²) in [6.45, 7) is 1.21. The summed E-state index contributed by atoms with van der Waals surface area (Å²) in [5.74, 6) is -0.942. The topological polar surface area (TPSA) is 66.5 Å². The Balaban J connectivity index is 1.91. The van der Waals surface area contributed by atoms with E-state index in [4.69, 9.17) is 23.2 Å². The highest BCUT2D eigenvalue weighted by atomic mass is 35.5. The van der Waals surface area contributed by atoms with Gasteiger partial charge in [0.2, 0.25) is 5.91 Å². The van der Waals surface area contributed by atoms with Crippen LogP contribution in [-0.4, -0.2) is 20.9 Å². The highest BCUT2D eigenvalue weighted by molar-refractivity contribution is 7.92. The van der Waals surface area contributed by atoms with Crippen LogP contribution in [0.5, 0.6) is 0 Å². The van der Waals surface area contributed by atoms with Crippen LogP contribution >= 0.6 is 23.2 Å². The molecule has 0 aliphatic carbocycles. The molecule has 31 heavy (non-hydrogen) atoms. The lowest BCUT2D eigenvalue weighted by molar-refractivity contribution is -0.120. The lowest BCUT2D eigenvalue weighted by atomic mass is 10.1. The van der Waals surface area contributed by atoms with Gasteiger partial charge in [0.15, 0.2) is 0 Å². The van der Waals surface area contributed by atoms with Gasteiger partial charge in [0.05, 0.1) is 21.6 Å². The molecule has 3 rings (SSSR count). The molecule has 0 heterocycles. The number of hydrogen-bond acceptors (Lipinski definition) is 3. The summed E-state index contributed by atoms with van der Waals surface area (Å²) >= 11 is 12.2. The Hall–Kier alpha value is -2.61. The number of benzene rings is 3. The van der Waals surface area contributed by atoms with E-state index in [1.165, 1.54) is 42.5 Å². The van der Waals surface area contributed by atoms with E-state index < -0.39 is 28.5 Å². The van der Waals surface area contributed by atoms with Gasteiger partial charge in [-0.2, -0.15) is 0 Å². The first kappa shape index (κ1) is 23.1. The number of anilines is 1. The van der Waals surface area contributed by atoms with Gasteiger partial charge in [-0.15, -0.1) is 0 Å². The zero-order valence-electron chi connectivity index (χ0n) is 16.4. The van der Waals surface area contributed by atoms with Crippen LogP contribution in [0.1, 0.15) is 18.5 Å². The third kappa shape index (κ3) is 5.55. The lowest BCUT2D eigenvalue weighted by Crippen LogP contribution is -2.41. The van der Waals surface area contributed by atoms with Gasteiger partial charge in [0, 0.05) is 5.02 Å². The van der Waals surface area contributed by atoms with Crippen LogP contribution in [0, 0.1) is 5.82 Å². The van der Waals surface area contributed by atoms with Gasteiger partial charge in [-0.25, -0.2) is 12.8 Å². The number of sulfonamides is 1. The molecule has 3 aromatic rings. The summed E-state index contributed by atoms with van der Waals surface area (Å²) in [5, 5.41) is 3.16. The molecule has 0 bridgehead atoms. The maximum atomic E-state index is 13.3. The van der Waals surface area contributed by atoms with Gasteiger partial charge in [-0.05, 0) is 55.0 Å². The predicted molar refractivity (Wildman–Crippen MR) is 120 cm³/mol. The van der Waals surface area contributed by atoms with E-state index in [9.17, 15) is 17.6 Å². The van der Waals surface area contributed by atoms with Crippen molar-refractivity contribution in [2.24, 2.45) is 0 Å². The van der Waals surface area contributed by atoms with Crippen molar-refractivity contribution in [3.63, 3.8) is 0 Å². The second-order valence-corrected chi connectivity index (χ2v) is 9.47. The van der Waals surface area contributed by atoms with Gasteiger partial charge in [0.25, 0.3) is 10.0 Å². The van der Waals surface area contributed by atoms with E-state index in [0.717, 1.165) is 4.31 Å². The Bertz CT molecular complexity index is 1170. The Morgan fingerprint density at radius 2 is 1.68 bits per heavy atom. The van der Waals surface area contributed by atoms with E-state index in [1.54, 1.807) is 37.3 Å². The summed E-state index contributed by atoms with van der Waals surface area (Å²) in [4.78, 5) is 12.8. The normalized spacial score (nSPS) is 12.3. The Kier molecular flexibility index (Phi) is 7.20. The average Bonchev–Trinajstić information content (AvgIpc) is 2.73. The molecule has 0 radical (unpaired) electrons. The predicted octanol–water partition coefficient (Wildman–Crippen LogP) is 5.21. The molecular weight excluding hydrogens is 462 g/mol. The molecule has 1 amide bonds. The lowest BCUT2D eigenvalue weighted by Gasteiger charge is -2.26. The number of carbonyl (C=O) groups excluding carboxylic acids is 1. The molecule has 0 aromatic heterocycles. The first-order valence-electron chi connectivity index (χ1n) is 9.26. The van der Waals surface area contributed by atoms with Crippen molar-refractivity contribution in [1.82, 2.24) is 5.32 Å². The third-order valence-electron chi connectivity index (χ3n) is 4.54. The van der Waals surface area contributed by atoms with E-state index in [2.05, 4.69) is 5.32 Å². The smallest absolute Gasteiger partial charge is 0.264 e. The summed E-state index contributed by atoms with van der Waals surface area (Å²) < 4.78 is 40.7. The number of rotatable bonds is 7. The fraction of sp³-hybridized carbons (Fsp3) is 0.136. The molecule has 5 nitrogen and oxygen atoms in total. The minimum atomic E-state index is -4.10. The molecule has 0 aliphatic heterocycles. The highest BCUT2D eigenvalue weighted by Gasteiger charge is 2.29. The standard InChI is InChI=1S/C22H19Cl2FN2O3S/c1-15(16-7-10-18(25)11-8-16)26-22(28)14-27(21-12-9-17(23)13-20(21)24)31(29,30)19-5-3-2-4-6-19/h2-13,15H,14H2,1H3,(H,26,28)/t15-/m0/s1. The van der Waals surface area contributed by atoms with Crippen molar-refractivity contribution in [2.45, 2.75) is 17.9 Å². The van der Waals surface area contributed by atoms with E-state index in [-0.39, 0.29) is 21.4 Å². The Morgan fingerprint density at radius 3 is 2.29 bits per heavy atom. The molecule has 3 aromatic carbocycles. The molecule has 9 heteroatoms. The SMILES string of the molecule is C[C@H](NC(=O)CN(c1ccc(Cl)cc1Cl)S(=O)(=O)c1ccccc1)c1ccc(F)cc1. The molecule has 0 aliphatic rings. The maximum absolute atomic E-state index is 13.3. The van der Waals surface area contributed by atoms with Gasteiger partial charge in [-0.3, -0.25) is 9.10 Å². The molecule has 0 unspecified atom stereocenters. The van der Waals surface area contributed by atoms with E-state index in [1.807, 2.05) is 0 Å². The van der Waals surface area contributed by atoms with Crippen molar-refractivity contribution in [1.29, 1.82) is 0 Å². The second kappa shape index (κ2) is 9.68. The van der Waals surface area contributed by atoms with Gasteiger partial charge >= 0.3 is 0 Å². The molecule has 0 fully saturated rings. The van der Waals surface area contributed by atoms with Gasteiger partial charge < -0.3 is 5.32 Å². The zero-order valence-corrected chi connectivity index (χ0v) is 18.8. The largest absolute Gasteiger partial charge is 0.348 e. The fourth-order valence-corrected chi connectivity index (χ4v) is 4.98. The van der Waals surface area contributed by atoms with Crippen LogP contribution in [0.15, 0.2) is 77.7 Å². The average molecular weight is 481 g/mol. The van der Waals surface area contributed by atoms with Crippen LogP contribution in [0.3, 0.4) is 0 Å². The number of nitrogens with one attached hydrogen (secondary N) is 1. The minimum absolute atomic E-state index is 0.0143.